The molecule has 0 atom stereocenters. The largest absolute Gasteiger partial charge is 0.351 e. The van der Waals surface area contributed by atoms with Crippen LogP contribution in [0.4, 0.5) is 0 Å². The fourth-order valence-electron chi connectivity index (χ4n) is 1.07. The van der Waals surface area contributed by atoms with Gasteiger partial charge in [-0.2, -0.15) is 0 Å². The average molecular weight is 156 g/mol. The Kier molecular flexibility index (Phi) is 3.09. The zero-order chi connectivity index (χ0) is 8.27. The Hall–Kier alpha value is -0.340. The average Bonchev–Trinajstić information content (AvgIpc) is 2.05. The molecule has 0 bridgehead atoms. The molecule has 0 aromatic carbocycles. The van der Waals surface area contributed by atoms with E-state index >= 15 is 0 Å². The smallest absolute Gasteiger partial charge is 0.147 e. The summed E-state index contributed by atoms with van der Waals surface area (Å²) in [4.78, 5) is 0. The number of hydrogen-bond acceptors (Lipinski definition) is 2. The van der Waals surface area contributed by atoms with E-state index in [1.54, 1.807) is 0 Å². The quantitative estimate of drug-likeness (QED) is 0.540. The lowest BCUT2D eigenvalue weighted by Crippen LogP contribution is -2.17. The van der Waals surface area contributed by atoms with Gasteiger partial charge in [0.05, 0.1) is 13.2 Å². The van der Waals surface area contributed by atoms with Gasteiger partial charge in [-0.1, -0.05) is 19.4 Å². The standard InChI is InChI=1S/C9H16O2/c1-7(2)8(3)9-4-10-6-11-5-9/h7H,4-6H2,1-3H3. The maximum absolute atomic E-state index is 5.17. The van der Waals surface area contributed by atoms with Crippen molar-refractivity contribution in [2.75, 3.05) is 20.0 Å². The molecular weight excluding hydrogens is 140 g/mol. The molecule has 0 aliphatic carbocycles. The summed E-state index contributed by atoms with van der Waals surface area (Å²) in [6.45, 7) is 8.49. The Labute approximate surface area is 68.2 Å². The van der Waals surface area contributed by atoms with E-state index in [1.807, 2.05) is 0 Å². The second-order valence-corrected chi connectivity index (χ2v) is 3.26. The lowest BCUT2D eigenvalue weighted by Gasteiger charge is -2.19. The van der Waals surface area contributed by atoms with Crippen LogP contribution in [0.2, 0.25) is 0 Å². The van der Waals surface area contributed by atoms with Gasteiger partial charge in [-0.15, -0.1) is 0 Å². The van der Waals surface area contributed by atoms with Crippen LogP contribution in [0.5, 0.6) is 0 Å². The van der Waals surface area contributed by atoms with E-state index in [4.69, 9.17) is 9.47 Å². The molecule has 64 valence electrons. The third-order valence-corrected chi connectivity index (χ3v) is 2.14. The monoisotopic (exact) mass is 156 g/mol. The summed E-state index contributed by atoms with van der Waals surface area (Å²) in [6.07, 6.45) is 0. The van der Waals surface area contributed by atoms with Crippen LogP contribution in [0, 0.1) is 5.92 Å². The van der Waals surface area contributed by atoms with Crippen LogP contribution in [0.3, 0.4) is 0 Å². The van der Waals surface area contributed by atoms with Crippen LogP contribution in [-0.4, -0.2) is 20.0 Å². The highest BCUT2D eigenvalue weighted by molar-refractivity contribution is 5.15. The first kappa shape index (κ1) is 8.75. The van der Waals surface area contributed by atoms with E-state index in [0.717, 1.165) is 13.2 Å². The molecule has 2 heteroatoms. The van der Waals surface area contributed by atoms with Crippen LogP contribution in [0.1, 0.15) is 20.8 Å². The SMILES string of the molecule is CC(=C1COCOC1)C(C)C. The van der Waals surface area contributed by atoms with Crippen LogP contribution in [-0.2, 0) is 9.47 Å². The molecule has 0 radical (unpaired) electrons. The Balaban J connectivity index is 2.60. The molecule has 0 unspecified atom stereocenters. The van der Waals surface area contributed by atoms with Gasteiger partial charge < -0.3 is 9.47 Å². The first-order valence-corrected chi connectivity index (χ1v) is 4.06. The van der Waals surface area contributed by atoms with Crippen LogP contribution < -0.4 is 0 Å². The molecule has 1 saturated heterocycles. The van der Waals surface area contributed by atoms with Gasteiger partial charge in [-0.3, -0.25) is 0 Å². The van der Waals surface area contributed by atoms with E-state index < -0.39 is 0 Å². The molecule has 0 aromatic heterocycles. The predicted molar refractivity (Wildman–Crippen MR) is 44.3 cm³/mol. The Morgan fingerprint density at radius 2 is 1.82 bits per heavy atom. The topological polar surface area (TPSA) is 18.5 Å². The Bertz CT molecular complexity index is 151. The van der Waals surface area contributed by atoms with Crippen LogP contribution in [0.25, 0.3) is 0 Å². The van der Waals surface area contributed by atoms with E-state index in [-0.39, 0.29) is 0 Å². The summed E-state index contributed by atoms with van der Waals surface area (Å²) < 4.78 is 10.3. The van der Waals surface area contributed by atoms with Gasteiger partial charge >= 0.3 is 0 Å². The Morgan fingerprint density at radius 3 is 2.27 bits per heavy atom. The fraction of sp³-hybridized carbons (Fsp3) is 0.778. The predicted octanol–water partition coefficient (Wildman–Crippen LogP) is 1.96. The normalized spacial score (nSPS) is 19.1. The zero-order valence-corrected chi connectivity index (χ0v) is 7.52. The number of hydrogen-bond donors (Lipinski definition) is 0. The molecule has 11 heavy (non-hydrogen) atoms. The lowest BCUT2D eigenvalue weighted by molar-refractivity contribution is -0.0700. The summed E-state index contributed by atoms with van der Waals surface area (Å²) in [5.74, 6) is 0.607. The first-order chi connectivity index (χ1) is 5.22. The van der Waals surface area contributed by atoms with Gasteiger partial charge in [0.15, 0.2) is 0 Å². The van der Waals surface area contributed by atoms with Crippen molar-refractivity contribution < 1.29 is 9.47 Å². The highest BCUT2D eigenvalue weighted by Gasteiger charge is 2.10. The number of rotatable bonds is 1. The Morgan fingerprint density at radius 1 is 1.27 bits per heavy atom. The molecule has 1 aliphatic heterocycles. The molecule has 1 rings (SSSR count). The molecule has 2 nitrogen and oxygen atoms in total. The summed E-state index contributed by atoms with van der Waals surface area (Å²) in [5.41, 5.74) is 2.72. The van der Waals surface area contributed by atoms with Gasteiger partial charge in [0.25, 0.3) is 0 Å². The highest BCUT2D eigenvalue weighted by Crippen LogP contribution is 2.16. The van der Waals surface area contributed by atoms with Gasteiger partial charge in [-0.25, -0.2) is 0 Å². The van der Waals surface area contributed by atoms with Crippen molar-refractivity contribution in [1.29, 1.82) is 0 Å². The van der Waals surface area contributed by atoms with E-state index in [9.17, 15) is 0 Å². The second-order valence-electron chi connectivity index (χ2n) is 3.26. The van der Waals surface area contributed by atoms with E-state index in [1.165, 1.54) is 11.1 Å². The maximum Gasteiger partial charge on any atom is 0.147 e. The van der Waals surface area contributed by atoms with Gasteiger partial charge in [0, 0.05) is 0 Å². The molecule has 0 spiro atoms. The third-order valence-electron chi connectivity index (χ3n) is 2.14. The molecule has 0 aromatic rings. The number of ether oxygens (including phenoxy) is 2. The molecule has 1 heterocycles. The minimum absolute atomic E-state index is 0.453. The third kappa shape index (κ3) is 2.31. The molecule has 0 amide bonds. The minimum atomic E-state index is 0.453. The summed E-state index contributed by atoms with van der Waals surface area (Å²) in [7, 11) is 0. The first-order valence-electron chi connectivity index (χ1n) is 4.06. The van der Waals surface area contributed by atoms with Crippen LogP contribution in [0.15, 0.2) is 11.1 Å². The van der Waals surface area contributed by atoms with Crippen molar-refractivity contribution in [3.05, 3.63) is 11.1 Å². The minimum Gasteiger partial charge on any atom is -0.351 e. The van der Waals surface area contributed by atoms with Crippen molar-refractivity contribution >= 4 is 0 Å². The van der Waals surface area contributed by atoms with E-state index in [0.29, 0.717) is 12.7 Å². The second kappa shape index (κ2) is 3.88. The van der Waals surface area contributed by atoms with Gasteiger partial charge in [-0.05, 0) is 18.4 Å². The fourth-order valence-corrected chi connectivity index (χ4v) is 1.07. The van der Waals surface area contributed by atoms with Crippen molar-refractivity contribution in [2.45, 2.75) is 20.8 Å². The molecule has 0 saturated carbocycles. The summed E-state index contributed by atoms with van der Waals surface area (Å²) in [6, 6.07) is 0. The van der Waals surface area contributed by atoms with Crippen molar-refractivity contribution in [2.24, 2.45) is 5.92 Å². The molecule has 1 fully saturated rings. The molecule has 0 N–H and O–H groups in total. The van der Waals surface area contributed by atoms with Crippen molar-refractivity contribution in [3.8, 4) is 0 Å². The zero-order valence-electron chi connectivity index (χ0n) is 7.52. The molecular formula is C9H16O2. The van der Waals surface area contributed by atoms with Crippen LogP contribution >= 0.6 is 0 Å². The van der Waals surface area contributed by atoms with Gasteiger partial charge in [0.1, 0.15) is 6.79 Å². The van der Waals surface area contributed by atoms with E-state index in [2.05, 4.69) is 20.8 Å². The summed E-state index contributed by atoms with van der Waals surface area (Å²) in [5, 5.41) is 0. The van der Waals surface area contributed by atoms with Crippen molar-refractivity contribution in [3.63, 3.8) is 0 Å². The van der Waals surface area contributed by atoms with Gasteiger partial charge in [0.2, 0.25) is 0 Å². The van der Waals surface area contributed by atoms with Crippen molar-refractivity contribution in [1.82, 2.24) is 0 Å². The molecule has 1 aliphatic rings. The summed E-state index contributed by atoms with van der Waals surface area (Å²) >= 11 is 0. The maximum atomic E-state index is 5.17. The lowest BCUT2D eigenvalue weighted by atomic mass is 10.00. The number of allylic oxidation sites excluding steroid dienone is 1. The highest BCUT2D eigenvalue weighted by atomic mass is 16.7.